The number of benzene rings is 2. The molecule has 2 aromatic rings. The lowest BCUT2D eigenvalue weighted by Gasteiger charge is -2.31. The normalized spacial score (nSPS) is 19.7. The smallest absolute Gasteiger partial charge is 0.416 e. The number of ether oxygens (including phenoxy) is 1. The molecular weight excluding hydrogens is 315 g/mol. The summed E-state index contributed by atoms with van der Waals surface area (Å²) in [6.07, 6.45) is -2.39. The first kappa shape index (κ1) is 16.8. The van der Waals surface area contributed by atoms with Gasteiger partial charge in [0.1, 0.15) is 11.9 Å². The van der Waals surface area contributed by atoms with Crippen molar-refractivity contribution in [2.75, 3.05) is 13.1 Å². The van der Waals surface area contributed by atoms with Crippen molar-refractivity contribution in [2.45, 2.75) is 25.1 Å². The first-order valence-corrected chi connectivity index (χ1v) is 8.13. The molecule has 5 heteroatoms. The third-order valence-electron chi connectivity index (χ3n) is 4.34. The maximum atomic E-state index is 12.7. The van der Waals surface area contributed by atoms with Gasteiger partial charge in [-0.25, -0.2) is 0 Å². The first-order valence-electron chi connectivity index (χ1n) is 8.13. The maximum absolute atomic E-state index is 12.7. The van der Waals surface area contributed by atoms with Gasteiger partial charge in [-0.15, -0.1) is 0 Å². The number of nitrogens with one attached hydrogen (secondary N) is 1. The summed E-state index contributed by atoms with van der Waals surface area (Å²) in [6.45, 7) is 1.85. The van der Waals surface area contributed by atoms with Crippen molar-refractivity contribution in [3.8, 4) is 5.75 Å². The van der Waals surface area contributed by atoms with Crippen LogP contribution in [0.4, 0.5) is 13.2 Å². The van der Waals surface area contributed by atoms with Crippen LogP contribution < -0.4 is 10.1 Å². The van der Waals surface area contributed by atoms with Crippen LogP contribution in [0.3, 0.4) is 0 Å². The van der Waals surface area contributed by atoms with E-state index in [0.717, 1.165) is 43.6 Å². The highest BCUT2D eigenvalue weighted by molar-refractivity contribution is 5.30. The van der Waals surface area contributed by atoms with E-state index in [1.807, 2.05) is 30.3 Å². The average molecular weight is 335 g/mol. The van der Waals surface area contributed by atoms with Gasteiger partial charge in [-0.05, 0) is 49.2 Å². The van der Waals surface area contributed by atoms with E-state index in [1.165, 1.54) is 12.1 Å². The molecule has 0 radical (unpaired) electrons. The molecule has 2 atom stereocenters. The van der Waals surface area contributed by atoms with E-state index >= 15 is 0 Å². The van der Waals surface area contributed by atoms with Gasteiger partial charge in [-0.3, -0.25) is 0 Å². The Kier molecular flexibility index (Phi) is 5.09. The molecule has 0 aromatic heterocycles. The Bertz CT molecular complexity index is 634. The fraction of sp³-hybridized carbons (Fsp3) is 0.368. The summed E-state index contributed by atoms with van der Waals surface area (Å²) in [5.41, 5.74) is 0.386. The number of hydrogen-bond donors (Lipinski definition) is 1. The Morgan fingerprint density at radius 2 is 1.71 bits per heavy atom. The van der Waals surface area contributed by atoms with Gasteiger partial charge >= 0.3 is 6.18 Å². The Balaban J connectivity index is 1.81. The maximum Gasteiger partial charge on any atom is 0.416 e. The van der Waals surface area contributed by atoms with E-state index < -0.39 is 11.7 Å². The zero-order valence-electron chi connectivity index (χ0n) is 13.2. The second-order valence-corrected chi connectivity index (χ2v) is 6.08. The van der Waals surface area contributed by atoms with Crippen molar-refractivity contribution >= 4 is 0 Å². The van der Waals surface area contributed by atoms with Crippen LogP contribution in [-0.4, -0.2) is 13.1 Å². The van der Waals surface area contributed by atoms with Crippen LogP contribution in [0.15, 0.2) is 54.6 Å². The van der Waals surface area contributed by atoms with E-state index in [0.29, 0.717) is 11.7 Å². The minimum absolute atomic E-state index is 0.171. The lowest BCUT2D eigenvalue weighted by atomic mass is 9.89. The molecule has 1 heterocycles. The number of alkyl halides is 3. The van der Waals surface area contributed by atoms with Gasteiger partial charge in [0.15, 0.2) is 0 Å². The van der Waals surface area contributed by atoms with Gasteiger partial charge in [0.25, 0.3) is 0 Å². The molecule has 24 heavy (non-hydrogen) atoms. The summed E-state index contributed by atoms with van der Waals surface area (Å²) in [5.74, 6) is 0.755. The number of halogens is 3. The van der Waals surface area contributed by atoms with E-state index in [-0.39, 0.29) is 6.10 Å². The fourth-order valence-electron chi connectivity index (χ4n) is 3.09. The SMILES string of the molecule is FC(F)(F)c1ccc(O[C@H](c2ccccc2)[C@@H]2CCCNC2)cc1. The molecule has 0 saturated carbocycles. The third-order valence-corrected chi connectivity index (χ3v) is 4.34. The molecule has 0 bridgehead atoms. The summed E-state index contributed by atoms with van der Waals surface area (Å²) >= 11 is 0. The molecule has 3 rings (SSSR count). The monoisotopic (exact) mass is 335 g/mol. The molecule has 2 aromatic carbocycles. The molecule has 1 aliphatic heterocycles. The van der Waals surface area contributed by atoms with Gasteiger partial charge in [0.05, 0.1) is 5.56 Å². The predicted octanol–water partition coefficient (Wildman–Crippen LogP) is 4.83. The lowest BCUT2D eigenvalue weighted by Crippen LogP contribution is -2.35. The number of hydrogen-bond acceptors (Lipinski definition) is 2. The Morgan fingerprint density at radius 1 is 1.00 bits per heavy atom. The lowest BCUT2D eigenvalue weighted by molar-refractivity contribution is -0.137. The summed E-state index contributed by atoms with van der Waals surface area (Å²) in [6, 6.07) is 14.8. The van der Waals surface area contributed by atoms with Gasteiger partial charge < -0.3 is 10.1 Å². The van der Waals surface area contributed by atoms with Crippen LogP contribution in [0, 0.1) is 5.92 Å². The quantitative estimate of drug-likeness (QED) is 0.864. The predicted molar refractivity (Wildman–Crippen MR) is 86.8 cm³/mol. The molecule has 1 aliphatic rings. The summed E-state index contributed by atoms with van der Waals surface area (Å²) in [5, 5.41) is 3.37. The van der Waals surface area contributed by atoms with Gasteiger partial charge in [-0.1, -0.05) is 30.3 Å². The molecule has 0 spiro atoms. The third kappa shape index (κ3) is 4.09. The average Bonchev–Trinajstić information content (AvgIpc) is 2.61. The zero-order valence-corrected chi connectivity index (χ0v) is 13.2. The molecule has 1 saturated heterocycles. The highest BCUT2D eigenvalue weighted by Crippen LogP contribution is 2.34. The van der Waals surface area contributed by atoms with E-state index in [2.05, 4.69) is 5.32 Å². The van der Waals surface area contributed by atoms with Gasteiger partial charge in [0.2, 0.25) is 0 Å². The highest BCUT2D eigenvalue weighted by Gasteiger charge is 2.31. The van der Waals surface area contributed by atoms with Crippen LogP contribution >= 0.6 is 0 Å². The fourth-order valence-corrected chi connectivity index (χ4v) is 3.09. The van der Waals surface area contributed by atoms with Crippen molar-refractivity contribution in [1.82, 2.24) is 5.32 Å². The molecule has 1 N–H and O–H groups in total. The zero-order chi connectivity index (χ0) is 17.0. The summed E-state index contributed by atoms with van der Waals surface area (Å²) in [7, 11) is 0. The Labute approximate surface area is 139 Å². The molecular formula is C19H20F3NO. The topological polar surface area (TPSA) is 21.3 Å². The Morgan fingerprint density at radius 3 is 2.29 bits per heavy atom. The van der Waals surface area contributed by atoms with Crippen molar-refractivity contribution in [3.05, 3.63) is 65.7 Å². The van der Waals surface area contributed by atoms with Gasteiger partial charge in [0, 0.05) is 12.5 Å². The molecule has 128 valence electrons. The number of piperidine rings is 1. The molecule has 1 fully saturated rings. The van der Waals surface area contributed by atoms with E-state index in [1.54, 1.807) is 0 Å². The Hall–Kier alpha value is -2.01. The minimum Gasteiger partial charge on any atom is -0.485 e. The van der Waals surface area contributed by atoms with Crippen molar-refractivity contribution in [2.24, 2.45) is 5.92 Å². The highest BCUT2D eigenvalue weighted by atomic mass is 19.4. The molecule has 0 unspecified atom stereocenters. The van der Waals surface area contributed by atoms with Crippen molar-refractivity contribution in [3.63, 3.8) is 0 Å². The molecule has 0 aliphatic carbocycles. The van der Waals surface area contributed by atoms with Crippen LogP contribution in [0.1, 0.15) is 30.1 Å². The molecule has 2 nitrogen and oxygen atoms in total. The van der Waals surface area contributed by atoms with Crippen molar-refractivity contribution < 1.29 is 17.9 Å². The summed E-state index contributed by atoms with van der Waals surface area (Å²) in [4.78, 5) is 0. The second-order valence-electron chi connectivity index (χ2n) is 6.08. The van der Waals surface area contributed by atoms with Crippen LogP contribution in [-0.2, 0) is 6.18 Å². The summed E-state index contributed by atoms with van der Waals surface area (Å²) < 4.78 is 44.2. The first-order chi connectivity index (χ1) is 11.5. The second kappa shape index (κ2) is 7.26. The molecule has 0 amide bonds. The number of rotatable bonds is 4. The minimum atomic E-state index is -4.33. The van der Waals surface area contributed by atoms with Crippen LogP contribution in [0.5, 0.6) is 5.75 Å². The van der Waals surface area contributed by atoms with Gasteiger partial charge in [-0.2, -0.15) is 13.2 Å². The standard InChI is InChI=1S/C19H20F3NO/c20-19(21,22)16-8-10-17(11-9-16)24-18(14-5-2-1-3-6-14)15-7-4-12-23-13-15/h1-3,5-6,8-11,15,18,23H,4,7,12-13H2/t15-,18-/m1/s1. The van der Waals surface area contributed by atoms with E-state index in [4.69, 9.17) is 4.74 Å². The largest absolute Gasteiger partial charge is 0.485 e. The van der Waals surface area contributed by atoms with Crippen molar-refractivity contribution in [1.29, 1.82) is 0 Å². The van der Waals surface area contributed by atoms with Crippen LogP contribution in [0.2, 0.25) is 0 Å². The van der Waals surface area contributed by atoms with E-state index in [9.17, 15) is 13.2 Å². The van der Waals surface area contributed by atoms with Crippen LogP contribution in [0.25, 0.3) is 0 Å².